The zero-order valence-corrected chi connectivity index (χ0v) is 10.3. The molecule has 5 heteroatoms. The van der Waals surface area contributed by atoms with Gasteiger partial charge in [-0.05, 0) is 31.9 Å². The molecule has 2 aliphatic rings. The molecular formula is C9H17NO2S2. The van der Waals surface area contributed by atoms with Crippen LogP contribution < -0.4 is 0 Å². The molecule has 2 saturated heterocycles. The molecule has 0 radical (unpaired) electrons. The highest BCUT2D eigenvalue weighted by molar-refractivity contribution is 7.99. The van der Waals surface area contributed by atoms with Gasteiger partial charge in [-0.3, -0.25) is 0 Å². The molecule has 0 amide bonds. The number of thioether (sulfide) groups is 1. The molecule has 0 aliphatic carbocycles. The Morgan fingerprint density at radius 3 is 2.07 bits per heavy atom. The predicted molar refractivity (Wildman–Crippen MR) is 60.0 cm³/mol. The fraction of sp³-hybridized carbons (Fsp3) is 1.00. The van der Waals surface area contributed by atoms with Crippen molar-refractivity contribution in [3.8, 4) is 0 Å². The molecule has 2 atom stereocenters. The van der Waals surface area contributed by atoms with Gasteiger partial charge in [0.2, 0.25) is 10.0 Å². The van der Waals surface area contributed by atoms with Gasteiger partial charge in [0.15, 0.2) is 0 Å². The third-order valence-corrected chi connectivity index (χ3v) is 5.75. The van der Waals surface area contributed by atoms with Crippen molar-refractivity contribution in [1.82, 2.24) is 4.31 Å². The average molecular weight is 235 g/mol. The Bertz CT molecular complexity index is 301. The fourth-order valence-corrected chi connectivity index (χ4v) is 5.11. The van der Waals surface area contributed by atoms with E-state index in [0.717, 1.165) is 25.7 Å². The SMILES string of the molecule is CSC1CC2CCC(C1)N2S(C)(=O)=O. The van der Waals surface area contributed by atoms with E-state index in [1.807, 2.05) is 11.8 Å². The van der Waals surface area contributed by atoms with Gasteiger partial charge in [-0.15, -0.1) is 0 Å². The van der Waals surface area contributed by atoms with E-state index in [-0.39, 0.29) is 0 Å². The third kappa shape index (κ3) is 1.82. The summed E-state index contributed by atoms with van der Waals surface area (Å²) < 4.78 is 24.9. The molecule has 2 bridgehead atoms. The summed E-state index contributed by atoms with van der Waals surface area (Å²) >= 11 is 1.88. The Morgan fingerprint density at radius 2 is 1.71 bits per heavy atom. The predicted octanol–water partition coefficient (Wildman–Crippen LogP) is 1.30. The van der Waals surface area contributed by atoms with Gasteiger partial charge in [-0.25, -0.2) is 8.42 Å². The first kappa shape index (κ1) is 10.8. The number of piperidine rings is 1. The molecule has 3 nitrogen and oxygen atoms in total. The summed E-state index contributed by atoms with van der Waals surface area (Å²) in [6, 6.07) is 0.586. The maximum absolute atomic E-state index is 11.6. The van der Waals surface area contributed by atoms with E-state index in [2.05, 4.69) is 6.26 Å². The second-order valence-corrected chi connectivity index (χ2v) is 7.33. The van der Waals surface area contributed by atoms with E-state index < -0.39 is 10.0 Å². The molecule has 0 aromatic heterocycles. The third-order valence-electron chi connectivity index (χ3n) is 3.34. The van der Waals surface area contributed by atoms with Gasteiger partial charge < -0.3 is 0 Å². The maximum atomic E-state index is 11.6. The highest BCUT2D eigenvalue weighted by Gasteiger charge is 2.44. The second-order valence-electron chi connectivity index (χ2n) is 4.31. The van der Waals surface area contributed by atoms with Crippen LogP contribution in [0.15, 0.2) is 0 Å². The quantitative estimate of drug-likeness (QED) is 0.724. The summed E-state index contributed by atoms with van der Waals surface area (Å²) in [6.07, 6.45) is 7.69. The van der Waals surface area contributed by atoms with Crippen molar-refractivity contribution in [2.24, 2.45) is 0 Å². The monoisotopic (exact) mass is 235 g/mol. The van der Waals surface area contributed by atoms with E-state index in [4.69, 9.17) is 0 Å². The topological polar surface area (TPSA) is 37.4 Å². The molecule has 0 aromatic rings. The Hall–Kier alpha value is 0.260. The largest absolute Gasteiger partial charge is 0.212 e. The molecule has 0 spiro atoms. The molecule has 2 unspecified atom stereocenters. The molecule has 2 rings (SSSR count). The number of hydrogen-bond acceptors (Lipinski definition) is 3. The fourth-order valence-electron chi connectivity index (χ4n) is 2.82. The standard InChI is InChI=1S/C9H17NO2S2/c1-13-9-5-7-3-4-8(6-9)10(7)14(2,11)12/h7-9H,3-6H2,1-2H3. The van der Waals surface area contributed by atoms with E-state index in [9.17, 15) is 8.42 Å². The van der Waals surface area contributed by atoms with Crippen LogP contribution >= 0.6 is 11.8 Å². The van der Waals surface area contributed by atoms with Crippen molar-refractivity contribution in [3.05, 3.63) is 0 Å². The van der Waals surface area contributed by atoms with Gasteiger partial charge in [-0.1, -0.05) is 0 Å². The van der Waals surface area contributed by atoms with Gasteiger partial charge >= 0.3 is 0 Å². The highest BCUT2D eigenvalue weighted by Crippen LogP contribution is 2.40. The van der Waals surface area contributed by atoms with Crippen LogP contribution in [-0.2, 0) is 10.0 Å². The van der Waals surface area contributed by atoms with Gasteiger partial charge in [0.25, 0.3) is 0 Å². The summed E-state index contributed by atoms with van der Waals surface area (Å²) in [5, 5.41) is 0.672. The van der Waals surface area contributed by atoms with Crippen LogP contribution in [0.25, 0.3) is 0 Å². The van der Waals surface area contributed by atoms with Crippen molar-refractivity contribution in [3.63, 3.8) is 0 Å². The number of sulfonamides is 1. The van der Waals surface area contributed by atoms with E-state index in [1.165, 1.54) is 6.26 Å². The lowest BCUT2D eigenvalue weighted by atomic mass is 10.1. The lowest BCUT2D eigenvalue weighted by Gasteiger charge is -2.36. The first-order valence-electron chi connectivity index (χ1n) is 5.03. The van der Waals surface area contributed by atoms with E-state index in [0.29, 0.717) is 17.3 Å². The minimum atomic E-state index is -2.97. The first-order valence-corrected chi connectivity index (χ1v) is 8.17. The molecule has 2 fully saturated rings. The Kier molecular flexibility index (Phi) is 2.83. The lowest BCUT2D eigenvalue weighted by Crippen LogP contribution is -2.46. The summed E-state index contributed by atoms with van der Waals surface area (Å²) in [6.45, 7) is 0. The van der Waals surface area contributed by atoms with Crippen LogP contribution in [0.3, 0.4) is 0 Å². The summed E-state index contributed by atoms with van der Waals surface area (Å²) in [5.74, 6) is 0. The molecule has 0 N–H and O–H groups in total. The van der Waals surface area contributed by atoms with Crippen molar-refractivity contribution >= 4 is 21.8 Å². The maximum Gasteiger partial charge on any atom is 0.211 e. The van der Waals surface area contributed by atoms with Crippen LogP contribution in [0.4, 0.5) is 0 Å². The van der Waals surface area contributed by atoms with Crippen LogP contribution in [-0.4, -0.2) is 42.6 Å². The Morgan fingerprint density at radius 1 is 1.21 bits per heavy atom. The minimum absolute atomic E-state index is 0.293. The van der Waals surface area contributed by atoms with Gasteiger partial charge in [-0.2, -0.15) is 16.1 Å². The van der Waals surface area contributed by atoms with Crippen molar-refractivity contribution < 1.29 is 8.42 Å². The molecule has 14 heavy (non-hydrogen) atoms. The van der Waals surface area contributed by atoms with Crippen molar-refractivity contribution in [2.45, 2.75) is 43.0 Å². The minimum Gasteiger partial charge on any atom is -0.212 e. The van der Waals surface area contributed by atoms with Crippen LogP contribution in [0.2, 0.25) is 0 Å². The van der Waals surface area contributed by atoms with Crippen LogP contribution in [0.1, 0.15) is 25.7 Å². The average Bonchev–Trinajstić information content (AvgIpc) is 2.38. The first-order chi connectivity index (χ1) is 6.52. The van der Waals surface area contributed by atoms with Gasteiger partial charge in [0.1, 0.15) is 0 Å². The Labute approximate surface area is 90.3 Å². The number of fused-ring (bicyclic) bond motifs is 2. The lowest BCUT2D eigenvalue weighted by molar-refractivity contribution is 0.255. The summed E-state index contributed by atoms with van der Waals surface area (Å²) in [4.78, 5) is 0. The van der Waals surface area contributed by atoms with Crippen LogP contribution in [0, 0.1) is 0 Å². The number of hydrogen-bond donors (Lipinski definition) is 0. The highest BCUT2D eigenvalue weighted by atomic mass is 32.2. The van der Waals surface area contributed by atoms with Gasteiger partial charge in [0, 0.05) is 17.3 Å². The zero-order valence-electron chi connectivity index (χ0n) is 8.64. The number of nitrogens with zero attached hydrogens (tertiary/aromatic N) is 1. The summed E-state index contributed by atoms with van der Waals surface area (Å²) in [7, 11) is -2.97. The van der Waals surface area contributed by atoms with Crippen molar-refractivity contribution in [1.29, 1.82) is 0 Å². The number of rotatable bonds is 2. The van der Waals surface area contributed by atoms with E-state index in [1.54, 1.807) is 4.31 Å². The Balaban J connectivity index is 2.18. The van der Waals surface area contributed by atoms with E-state index >= 15 is 0 Å². The molecule has 0 aromatic carbocycles. The normalized spacial score (nSPS) is 38.9. The molecular weight excluding hydrogens is 218 g/mol. The summed E-state index contributed by atoms with van der Waals surface area (Å²) in [5.41, 5.74) is 0. The smallest absolute Gasteiger partial charge is 0.211 e. The van der Waals surface area contributed by atoms with Crippen LogP contribution in [0.5, 0.6) is 0 Å². The molecule has 2 aliphatic heterocycles. The van der Waals surface area contributed by atoms with Crippen molar-refractivity contribution in [2.75, 3.05) is 12.5 Å². The van der Waals surface area contributed by atoms with Gasteiger partial charge in [0.05, 0.1) is 6.26 Å². The molecule has 0 saturated carbocycles. The zero-order chi connectivity index (χ0) is 10.3. The molecule has 2 heterocycles. The molecule has 82 valence electrons. The second kappa shape index (κ2) is 3.68.